The molecule has 0 atom stereocenters. The normalized spacial score (nSPS) is 16.8. The molecule has 0 saturated heterocycles. The van der Waals surface area contributed by atoms with Crippen molar-refractivity contribution in [2.75, 3.05) is 25.2 Å². The molecule has 8 nitrogen and oxygen atoms in total. The molecule has 0 aromatic heterocycles. The lowest BCUT2D eigenvalue weighted by Gasteiger charge is -2.29. The van der Waals surface area contributed by atoms with Gasteiger partial charge in [0.25, 0.3) is 11.6 Å². The number of carbonyl (C=O) groups is 2. The van der Waals surface area contributed by atoms with Crippen LogP contribution in [0.15, 0.2) is 12.1 Å². The van der Waals surface area contributed by atoms with Crippen LogP contribution in [0.4, 0.5) is 11.4 Å². The van der Waals surface area contributed by atoms with Crippen molar-refractivity contribution in [3.63, 3.8) is 0 Å². The molecule has 1 aliphatic heterocycles. The monoisotopic (exact) mass is 306 g/mol. The van der Waals surface area contributed by atoms with E-state index < -0.39 is 16.6 Å². The summed E-state index contributed by atoms with van der Waals surface area (Å²) in [6.07, 6.45) is 2.10. The molecule has 22 heavy (non-hydrogen) atoms. The van der Waals surface area contributed by atoms with E-state index in [0.29, 0.717) is 18.2 Å². The first-order valence-corrected chi connectivity index (χ1v) is 6.85. The van der Waals surface area contributed by atoms with Gasteiger partial charge in [0, 0.05) is 6.54 Å². The Morgan fingerprint density at radius 3 is 2.82 bits per heavy atom. The van der Waals surface area contributed by atoms with Crippen molar-refractivity contribution in [3.8, 4) is 5.75 Å². The summed E-state index contributed by atoms with van der Waals surface area (Å²) < 4.78 is 9.87. The van der Waals surface area contributed by atoms with Gasteiger partial charge in [0.05, 0.1) is 23.8 Å². The van der Waals surface area contributed by atoms with Gasteiger partial charge in [-0.3, -0.25) is 14.9 Å². The van der Waals surface area contributed by atoms with Crippen molar-refractivity contribution < 1.29 is 24.0 Å². The minimum absolute atomic E-state index is 0.158. The van der Waals surface area contributed by atoms with Crippen molar-refractivity contribution >= 4 is 23.3 Å². The van der Waals surface area contributed by atoms with Crippen molar-refractivity contribution in [1.82, 2.24) is 0 Å². The van der Waals surface area contributed by atoms with Gasteiger partial charge in [-0.25, -0.2) is 4.79 Å². The van der Waals surface area contributed by atoms with Crippen molar-refractivity contribution in [2.45, 2.75) is 12.8 Å². The first kappa shape index (κ1) is 14.3. The third-order valence-electron chi connectivity index (χ3n) is 3.76. The molecule has 0 bridgehead atoms. The highest BCUT2D eigenvalue weighted by Crippen LogP contribution is 2.40. The lowest BCUT2D eigenvalue weighted by atomic mass is 10.1. The fraction of sp³-hybridized carbons (Fsp3) is 0.429. The topological polar surface area (TPSA) is 99.0 Å². The molecular weight excluding hydrogens is 292 g/mol. The number of hydrogen-bond donors (Lipinski definition) is 0. The number of amides is 1. The molecule has 1 aromatic carbocycles. The number of rotatable bonds is 4. The highest BCUT2D eigenvalue weighted by molar-refractivity contribution is 6.02. The maximum atomic E-state index is 12.0. The SMILES string of the molecule is COC(=O)c1cc2c(cc1[N+](=O)[O-])OCC(=O)N2CC1CC1. The lowest BCUT2D eigenvalue weighted by Crippen LogP contribution is -2.40. The molecule has 0 unspecified atom stereocenters. The van der Waals surface area contributed by atoms with E-state index >= 15 is 0 Å². The van der Waals surface area contributed by atoms with E-state index in [4.69, 9.17) is 4.74 Å². The molecule has 0 spiro atoms. The first-order valence-electron chi connectivity index (χ1n) is 6.85. The number of benzene rings is 1. The Morgan fingerprint density at radius 2 is 2.23 bits per heavy atom. The van der Waals surface area contributed by atoms with Gasteiger partial charge in [0.15, 0.2) is 12.4 Å². The largest absolute Gasteiger partial charge is 0.481 e. The molecular formula is C14H14N2O6. The molecule has 116 valence electrons. The predicted octanol–water partition coefficient (Wildman–Crippen LogP) is 1.52. The quantitative estimate of drug-likeness (QED) is 0.475. The Balaban J connectivity index is 2.08. The number of anilines is 1. The Bertz CT molecular complexity index is 668. The second-order valence-electron chi connectivity index (χ2n) is 5.32. The third kappa shape index (κ3) is 2.47. The molecule has 1 fully saturated rings. The summed E-state index contributed by atoms with van der Waals surface area (Å²) in [5, 5.41) is 11.1. The number of esters is 1. The Kier molecular flexibility index (Phi) is 3.44. The molecule has 1 heterocycles. The van der Waals surface area contributed by atoms with Crippen LogP contribution in [0.1, 0.15) is 23.2 Å². The smallest absolute Gasteiger partial charge is 0.344 e. The molecule has 3 rings (SSSR count). The predicted molar refractivity (Wildman–Crippen MR) is 75.0 cm³/mol. The molecule has 2 aliphatic rings. The molecule has 0 radical (unpaired) electrons. The van der Waals surface area contributed by atoms with Crippen molar-refractivity contribution in [2.24, 2.45) is 5.92 Å². The van der Waals surface area contributed by atoms with Crippen LogP contribution >= 0.6 is 0 Å². The molecule has 1 aromatic rings. The van der Waals surface area contributed by atoms with Gasteiger partial charge < -0.3 is 14.4 Å². The van der Waals surface area contributed by atoms with Crippen LogP contribution in [0.3, 0.4) is 0 Å². The van der Waals surface area contributed by atoms with E-state index in [9.17, 15) is 19.7 Å². The number of nitro benzene ring substituents is 1. The number of carbonyl (C=O) groups excluding carboxylic acids is 2. The summed E-state index contributed by atoms with van der Waals surface area (Å²) in [4.78, 5) is 35.8. The molecule has 0 N–H and O–H groups in total. The first-order chi connectivity index (χ1) is 10.5. The maximum Gasteiger partial charge on any atom is 0.344 e. The van der Waals surface area contributed by atoms with Crippen molar-refractivity contribution in [3.05, 3.63) is 27.8 Å². The van der Waals surface area contributed by atoms with E-state index in [1.54, 1.807) is 0 Å². The molecule has 8 heteroatoms. The van der Waals surface area contributed by atoms with Gasteiger partial charge in [-0.1, -0.05) is 0 Å². The van der Waals surface area contributed by atoms with Crippen molar-refractivity contribution in [1.29, 1.82) is 0 Å². The molecule has 1 amide bonds. The molecule has 1 saturated carbocycles. The zero-order valence-electron chi connectivity index (χ0n) is 11.9. The Hall–Kier alpha value is -2.64. The van der Waals surface area contributed by atoms with Crippen LogP contribution in [-0.2, 0) is 9.53 Å². The van der Waals surface area contributed by atoms with Gasteiger partial charge in [0.1, 0.15) is 5.56 Å². The van der Waals surface area contributed by atoms with Crippen LogP contribution in [-0.4, -0.2) is 37.1 Å². The fourth-order valence-electron chi connectivity index (χ4n) is 2.42. The number of hydrogen-bond acceptors (Lipinski definition) is 6. The Labute approximate surface area is 125 Å². The summed E-state index contributed by atoms with van der Waals surface area (Å²) in [6.45, 7) is 0.377. The van der Waals surface area contributed by atoms with Crippen LogP contribution < -0.4 is 9.64 Å². The number of nitro groups is 1. The number of methoxy groups -OCH3 is 1. The van der Waals surface area contributed by atoms with Gasteiger partial charge in [-0.2, -0.15) is 0 Å². The summed E-state index contributed by atoms with van der Waals surface area (Å²) >= 11 is 0. The third-order valence-corrected chi connectivity index (χ3v) is 3.76. The van der Waals surface area contributed by atoms with Gasteiger partial charge in [-0.05, 0) is 24.8 Å². The minimum Gasteiger partial charge on any atom is -0.481 e. The van der Waals surface area contributed by atoms with Crippen LogP contribution in [0.25, 0.3) is 0 Å². The second-order valence-corrected chi connectivity index (χ2v) is 5.32. The summed E-state index contributed by atoms with van der Waals surface area (Å²) in [7, 11) is 1.15. The maximum absolute atomic E-state index is 12.0. The summed E-state index contributed by atoms with van der Waals surface area (Å²) in [5.74, 6) is -0.366. The standard InChI is InChI=1S/C14H14N2O6/c1-21-14(18)9-4-11-12(5-10(9)16(19)20)22-7-13(17)15(11)6-8-2-3-8/h4-5,8H,2-3,6-7H2,1H3. The zero-order valence-corrected chi connectivity index (χ0v) is 11.9. The van der Waals surface area contributed by atoms with Crippen LogP contribution in [0.2, 0.25) is 0 Å². The average molecular weight is 306 g/mol. The minimum atomic E-state index is -0.820. The Morgan fingerprint density at radius 1 is 1.50 bits per heavy atom. The molecule has 1 aliphatic carbocycles. The van der Waals surface area contributed by atoms with Crippen LogP contribution in [0.5, 0.6) is 5.75 Å². The average Bonchev–Trinajstić information content (AvgIpc) is 3.32. The van der Waals surface area contributed by atoms with Gasteiger partial charge in [0.2, 0.25) is 0 Å². The summed E-state index contributed by atoms with van der Waals surface area (Å²) in [6, 6.07) is 2.48. The lowest BCUT2D eigenvalue weighted by molar-refractivity contribution is -0.385. The van der Waals surface area contributed by atoms with E-state index in [0.717, 1.165) is 20.0 Å². The van der Waals surface area contributed by atoms with Gasteiger partial charge >= 0.3 is 5.97 Å². The van der Waals surface area contributed by atoms with E-state index in [2.05, 4.69) is 4.74 Å². The summed E-state index contributed by atoms with van der Waals surface area (Å²) in [5.41, 5.74) is -0.203. The number of nitrogens with zero attached hydrogens (tertiary/aromatic N) is 2. The van der Waals surface area contributed by atoms with E-state index in [1.165, 1.54) is 17.0 Å². The van der Waals surface area contributed by atoms with E-state index in [-0.39, 0.29) is 23.8 Å². The number of ether oxygens (including phenoxy) is 2. The number of fused-ring (bicyclic) bond motifs is 1. The van der Waals surface area contributed by atoms with Crippen LogP contribution in [0, 0.1) is 16.0 Å². The van der Waals surface area contributed by atoms with E-state index in [1.807, 2.05) is 0 Å². The highest BCUT2D eigenvalue weighted by Gasteiger charge is 2.35. The highest BCUT2D eigenvalue weighted by atomic mass is 16.6. The van der Waals surface area contributed by atoms with Gasteiger partial charge in [-0.15, -0.1) is 0 Å². The zero-order chi connectivity index (χ0) is 15.9. The fourth-order valence-corrected chi connectivity index (χ4v) is 2.42. The second kappa shape index (κ2) is 5.28.